The minimum absolute atomic E-state index is 0.237. The summed E-state index contributed by atoms with van der Waals surface area (Å²) in [4.78, 5) is 11.6. The fourth-order valence-electron chi connectivity index (χ4n) is 1.45. The Kier molecular flexibility index (Phi) is 5.46. The number of hydrogen-bond donors (Lipinski definition) is 1. The second-order valence-corrected chi connectivity index (χ2v) is 6.09. The molecule has 1 aromatic carbocycles. The van der Waals surface area contributed by atoms with Crippen molar-refractivity contribution in [3.8, 4) is 0 Å². The van der Waals surface area contributed by atoms with Gasteiger partial charge in [0.1, 0.15) is 6.04 Å². The predicted molar refractivity (Wildman–Crippen MR) is 71.7 cm³/mol. The third kappa shape index (κ3) is 4.62. The van der Waals surface area contributed by atoms with Crippen LogP contribution in [0.4, 0.5) is 0 Å². The summed E-state index contributed by atoms with van der Waals surface area (Å²) < 4.78 is 31.5. The molecule has 0 spiro atoms. The number of nitrogens with one attached hydrogen (secondary N) is 1. The van der Waals surface area contributed by atoms with Crippen molar-refractivity contribution in [2.24, 2.45) is 0 Å². The number of methoxy groups -OCH3 is 1. The summed E-state index contributed by atoms with van der Waals surface area (Å²) in [5, 5.41) is 0. The molecule has 0 bridgehead atoms. The third-order valence-electron chi connectivity index (χ3n) is 2.54. The zero-order valence-corrected chi connectivity index (χ0v) is 12.0. The van der Waals surface area contributed by atoms with Crippen LogP contribution in [0.1, 0.15) is 5.56 Å². The van der Waals surface area contributed by atoms with Crippen LogP contribution in [0, 0.1) is 0 Å². The van der Waals surface area contributed by atoms with Gasteiger partial charge in [-0.1, -0.05) is 30.3 Å². The van der Waals surface area contributed by atoms with Gasteiger partial charge in [0.15, 0.2) is 0 Å². The lowest BCUT2D eigenvalue weighted by Gasteiger charge is -2.19. The fourth-order valence-corrected chi connectivity index (χ4v) is 2.20. The average Bonchev–Trinajstić information content (AvgIpc) is 2.37. The van der Waals surface area contributed by atoms with Crippen LogP contribution in [0.3, 0.4) is 0 Å². The second-order valence-electron chi connectivity index (χ2n) is 4.17. The van der Waals surface area contributed by atoms with Gasteiger partial charge in [-0.25, -0.2) is 0 Å². The van der Waals surface area contributed by atoms with E-state index in [9.17, 15) is 13.2 Å². The quantitative estimate of drug-likeness (QED) is 0.756. The maximum absolute atomic E-state index is 11.8. The Balaban J connectivity index is 2.88. The average molecular weight is 286 g/mol. The van der Waals surface area contributed by atoms with Crippen LogP contribution in [-0.2, 0) is 26.2 Å². The first-order valence-corrected chi connectivity index (χ1v) is 7.12. The molecule has 106 valence electrons. The predicted octanol–water partition coefficient (Wildman–Crippen LogP) is 0.167. The topological polar surface area (TPSA) is 75.7 Å². The number of rotatable bonds is 6. The van der Waals surface area contributed by atoms with Gasteiger partial charge in [0, 0.05) is 14.1 Å². The van der Waals surface area contributed by atoms with E-state index >= 15 is 0 Å². The Morgan fingerprint density at radius 2 is 1.89 bits per heavy atom. The van der Waals surface area contributed by atoms with Gasteiger partial charge >= 0.3 is 5.97 Å². The molecule has 1 unspecified atom stereocenters. The second kappa shape index (κ2) is 6.65. The first-order chi connectivity index (χ1) is 8.86. The van der Waals surface area contributed by atoms with E-state index in [4.69, 9.17) is 0 Å². The lowest BCUT2D eigenvalue weighted by molar-refractivity contribution is -0.142. The van der Waals surface area contributed by atoms with E-state index in [1.165, 1.54) is 21.2 Å². The van der Waals surface area contributed by atoms with E-state index < -0.39 is 22.2 Å². The van der Waals surface area contributed by atoms with E-state index in [0.29, 0.717) is 0 Å². The van der Waals surface area contributed by atoms with Crippen LogP contribution in [0.2, 0.25) is 0 Å². The molecule has 0 saturated heterocycles. The molecule has 0 aromatic heterocycles. The Morgan fingerprint density at radius 1 is 1.32 bits per heavy atom. The number of esters is 1. The summed E-state index contributed by atoms with van der Waals surface area (Å²) >= 11 is 0. The van der Waals surface area contributed by atoms with Gasteiger partial charge < -0.3 is 4.74 Å². The molecule has 1 aromatic rings. The lowest BCUT2D eigenvalue weighted by atomic mass is 10.1. The summed E-state index contributed by atoms with van der Waals surface area (Å²) in [5.74, 6) is -0.616. The summed E-state index contributed by atoms with van der Waals surface area (Å²) in [6.07, 6.45) is 0.237. The molecular weight excluding hydrogens is 268 g/mol. The lowest BCUT2D eigenvalue weighted by Crippen LogP contribution is -2.47. The smallest absolute Gasteiger partial charge is 0.324 e. The minimum atomic E-state index is -3.69. The highest BCUT2D eigenvalue weighted by Gasteiger charge is 2.26. The van der Waals surface area contributed by atoms with Crippen LogP contribution in [0.5, 0.6) is 0 Å². The molecule has 0 aliphatic heterocycles. The molecule has 6 nitrogen and oxygen atoms in total. The van der Waals surface area contributed by atoms with Crippen molar-refractivity contribution in [1.29, 1.82) is 0 Å². The summed E-state index contributed by atoms with van der Waals surface area (Å²) in [6, 6.07) is 8.19. The molecule has 0 aliphatic rings. The Morgan fingerprint density at radius 3 is 2.37 bits per heavy atom. The highest BCUT2D eigenvalue weighted by Crippen LogP contribution is 2.06. The minimum Gasteiger partial charge on any atom is -0.468 e. The Hall–Kier alpha value is -1.44. The maximum atomic E-state index is 11.8. The van der Waals surface area contributed by atoms with Gasteiger partial charge in [0.05, 0.1) is 7.11 Å². The van der Waals surface area contributed by atoms with E-state index in [1.807, 2.05) is 30.3 Å². The molecule has 1 N–H and O–H groups in total. The largest absolute Gasteiger partial charge is 0.468 e. The van der Waals surface area contributed by atoms with Gasteiger partial charge in [-0.3, -0.25) is 4.79 Å². The summed E-state index contributed by atoms with van der Waals surface area (Å²) in [7, 11) is 0.313. The van der Waals surface area contributed by atoms with Gasteiger partial charge in [-0.05, 0) is 12.0 Å². The molecule has 1 rings (SSSR count). The van der Waals surface area contributed by atoms with Gasteiger partial charge in [0.2, 0.25) is 0 Å². The van der Waals surface area contributed by atoms with Crippen LogP contribution in [0.15, 0.2) is 30.3 Å². The van der Waals surface area contributed by atoms with Crippen LogP contribution >= 0.6 is 0 Å². The Labute approximate surface area is 113 Å². The molecule has 19 heavy (non-hydrogen) atoms. The molecule has 0 heterocycles. The van der Waals surface area contributed by atoms with Crippen LogP contribution in [-0.4, -0.2) is 45.9 Å². The van der Waals surface area contributed by atoms with Crippen molar-refractivity contribution in [3.63, 3.8) is 0 Å². The molecular formula is C12H18N2O4S. The third-order valence-corrected chi connectivity index (χ3v) is 4.08. The number of nitrogens with zero attached hydrogens (tertiary/aromatic N) is 1. The van der Waals surface area contributed by atoms with Gasteiger partial charge in [-0.15, -0.1) is 0 Å². The maximum Gasteiger partial charge on any atom is 0.324 e. The van der Waals surface area contributed by atoms with E-state index in [-0.39, 0.29) is 6.42 Å². The van der Waals surface area contributed by atoms with Crippen molar-refractivity contribution >= 4 is 16.2 Å². The van der Waals surface area contributed by atoms with Crippen LogP contribution in [0.25, 0.3) is 0 Å². The monoisotopic (exact) mass is 286 g/mol. The van der Waals surface area contributed by atoms with Crippen LogP contribution < -0.4 is 4.72 Å². The van der Waals surface area contributed by atoms with E-state index in [1.54, 1.807) is 0 Å². The van der Waals surface area contributed by atoms with Crippen molar-refractivity contribution in [3.05, 3.63) is 35.9 Å². The SMILES string of the molecule is COC(=O)C(Cc1ccccc1)NS(=O)(=O)N(C)C. The number of carbonyl (C=O) groups is 1. The van der Waals surface area contributed by atoms with Crippen molar-refractivity contribution < 1.29 is 17.9 Å². The van der Waals surface area contributed by atoms with Crippen molar-refractivity contribution in [2.75, 3.05) is 21.2 Å². The molecule has 0 fully saturated rings. The molecule has 7 heteroatoms. The molecule has 0 saturated carbocycles. The highest BCUT2D eigenvalue weighted by atomic mass is 32.2. The van der Waals surface area contributed by atoms with E-state index in [2.05, 4.69) is 9.46 Å². The van der Waals surface area contributed by atoms with E-state index in [0.717, 1.165) is 9.87 Å². The number of ether oxygens (including phenoxy) is 1. The molecule has 0 radical (unpaired) electrons. The zero-order chi connectivity index (χ0) is 14.5. The van der Waals surface area contributed by atoms with Gasteiger partial charge in [0.25, 0.3) is 10.2 Å². The number of carbonyl (C=O) groups excluding carboxylic acids is 1. The molecule has 0 amide bonds. The first kappa shape index (κ1) is 15.6. The van der Waals surface area contributed by atoms with Gasteiger partial charge in [-0.2, -0.15) is 17.4 Å². The molecule has 0 aliphatic carbocycles. The fraction of sp³-hybridized carbons (Fsp3) is 0.417. The normalized spacial score (nSPS) is 13.3. The highest BCUT2D eigenvalue weighted by molar-refractivity contribution is 7.87. The number of benzene rings is 1. The number of hydrogen-bond acceptors (Lipinski definition) is 4. The molecule has 1 atom stereocenters. The zero-order valence-electron chi connectivity index (χ0n) is 11.2. The Bertz CT molecular complexity index is 514. The van der Waals surface area contributed by atoms with Crippen molar-refractivity contribution in [2.45, 2.75) is 12.5 Å². The summed E-state index contributed by atoms with van der Waals surface area (Å²) in [5.41, 5.74) is 0.847. The standard InChI is InChI=1S/C12H18N2O4S/c1-14(2)19(16,17)13-11(12(15)18-3)9-10-7-5-4-6-8-10/h4-8,11,13H,9H2,1-3H3. The summed E-state index contributed by atoms with van der Waals surface area (Å²) in [6.45, 7) is 0. The van der Waals surface area contributed by atoms with Crippen molar-refractivity contribution in [1.82, 2.24) is 9.03 Å². The first-order valence-electron chi connectivity index (χ1n) is 5.68.